The van der Waals surface area contributed by atoms with Crippen molar-refractivity contribution in [2.45, 2.75) is 294 Å². The number of aliphatic hydroxyl groups excluding tert-OH is 5. The van der Waals surface area contributed by atoms with Crippen LogP contribution in [0.25, 0.3) is 0 Å². The Morgan fingerprint density at radius 2 is 0.985 bits per heavy atom. The number of amides is 1. The van der Waals surface area contributed by atoms with Crippen LogP contribution in [0, 0.1) is 0 Å². The maximum absolute atomic E-state index is 13.2. The second-order valence-electron chi connectivity index (χ2n) is 19.3. The third-order valence-corrected chi connectivity index (χ3v) is 13.5. The summed E-state index contributed by atoms with van der Waals surface area (Å²) in [7, 11) is -5.12. The SMILES string of the molecule is CCCCCCCCCC/C=C\CCCCCCCCC(O)C(=O)NC(COC1OC(CO)C(O)C(OS(=O)(=O)O)C1O)C(O)/C=C/CCCCCCCCCCCCCCCCCCCC. The first-order valence-electron chi connectivity index (χ1n) is 27.3. The van der Waals surface area contributed by atoms with E-state index in [1.165, 1.54) is 148 Å². The van der Waals surface area contributed by atoms with Gasteiger partial charge >= 0.3 is 10.4 Å². The molecule has 0 bridgehead atoms. The van der Waals surface area contributed by atoms with E-state index in [0.29, 0.717) is 12.8 Å². The monoisotopic (exact) mass is 976 g/mol. The fourth-order valence-electron chi connectivity index (χ4n) is 8.75. The summed E-state index contributed by atoms with van der Waals surface area (Å²) in [6.07, 6.45) is 39.6. The molecule has 0 aromatic rings. The number of aliphatic hydroxyl groups is 5. The van der Waals surface area contributed by atoms with E-state index in [2.05, 4.69) is 35.5 Å². The second-order valence-corrected chi connectivity index (χ2v) is 20.4. The first kappa shape index (κ1) is 63.6. The molecule has 1 amide bonds. The summed E-state index contributed by atoms with van der Waals surface area (Å²) in [6, 6.07) is -1.12. The molecular weight excluding hydrogens is 875 g/mol. The van der Waals surface area contributed by atoms with E-state index >= 15 is 0 Å². The summed E-state index contributed by atoms with van der Waals surface area (Å²) in [6.45, 7) is 3.25. The quantitative estimate of drug-likeness (QED) is 0.0172. The lowest BCUT2D eigenvalue weighted by Gasteiger charge is -2.41. The van der Waals surface area contributed by atoms with Crippen LogP contribution in [0.5, 0.6) is 0 Å². The standard InChI is InChI=1S/C53H101NO12S/c1-3-5-7-9-11-13-15-17-19-21-23-24-26-27-29-31-33-35-37-39-41-46(56)45(44-64-53-50(59)51(66-67(61,62)63)49(58)48(43-55)65-53)54-52(60)47(57)42-40-38-36-34-32-30-28-25-22-20-18-16-14-12-10-8-6-4-2/h22,25,39,41,45-51,53,55-59H,3-21,23-24,26-38,40,42-44H2,1-2H3,(H,54,60)(H,61,62,63)/b25-22-,41-39+. The van der Waals surface area contributed by atoms with E-state index in [9.17, 15) is 43.3 Å². The van der Waals surface area contributed by atoms with Crippen LogP contribution in [0.1, 0.15) is 245 Å². The van der Waals surface area contributed by atoms with Crippen molar-refractivity contribution in [2.24, 2.45) is 0 Å². The Hall–Kier alpha value is -1.46. The number of carbonyl (C=O) groups excluding carboxylic acids is 1. The molecule has 7 N–H and O–H groups in total. The van der Waals surface area contributed by atoms with Gasteiger partial charge in [-0.3, -0.25) is 9.35 Å². The molecular formula is C53H101NO12S. The maximum Gasteiger partial charge on any atom is 0.397 e. The Kier molecular flexibility index (Phi) is 41.1. The summed E-state index contributed by atoms with van der Waals surface area (Å²) in [4.78, 5) is 13.2. The predicted molar refractivity (Wildman–Crippen MR) is 270 cm³/mol. The fraction of sp³-hybridized carbons (Fsp3) is 0.906. The van der Waals surface area contributed by atoms with Crippen molar-refractivity contribution in [1.29, 1.82) is 0 Å². The molecule has 0 spiro atoms. The van der Waals surface area contributed by atoms with Crippen molar-refractivity contribution >= 4 is 16.3 Å². The van der Waals surface area contributed by atoms with Crippen molar-refractivity contribution in [3.63, 3.8) is 0 Å². The van der Waals surface area contributed by atoms with Gasteiger partial charge < -0.3 is 40.3 Å². The summed E-state index contributed by atoms with van der Waals surface area (Å²) < 4.78 is 47.7. The van der Waals surface area contributed by atoms with Crippen molar-refractivity contribution in [1.82, 2.24) is 5.32 Å². The summed E-state index contributed by atoms with van der Waals surface area (Å²) in [5, 5.41) is 55.5. The minimum Gasteiger partial charge on any atom is -0.394 e. The highest BCUT2D eigenvalue weighted by Crippen LogP contribution is 2.26. The number of ether oxygens (including phenoxy) is 2. The van der Waals surface area contributed by atoms with Crippen LogP contribution in [0.15, 0.2) is 24.3 Å². The zero-order valence-corrected chi connectivity index (χ0v) is 43.2. The molecule has 0 aromatic carbocycles. The topological polar surface area (TPSA) is 212 Å². The molecule has 1 heterocycles. The van der Waals surface area contributed by atoms with Crippen LogP contribution in [0.4, 0.5) is 0 Å². The molecule has 1 aliphatic rings. The molecule has 0 aromatic heterocycles. The largest absolute Gasteiger partial charge is 0.397 e. The van der Waals surface area contributed by atoms with Crippen molar-refractivity contribution in [3.8, 4) is 0 Å². The van der Waals surface area contributed by atoms with Crippen LogP contribution >= 0.6 is 0 Å². The minimum absolute atomic E-state index is 0.237. The van der Waals surface area contributed by atoms with Gasteiger partial charge in [0.15, 0.2) is 6.29 Å². The second kappa shape index (κ2) is 43.3. The average molecular weight is 976 g/mol. The molecule has 396 valence electrons. The van der Waals surface area contributed by atoms with Crippen LogP contribution < -0.4 is 5.32 Å². The van der Waals surface area contributed by atoms with Gasteiger partial charge in [-0.05, 0) is 44.9 Å². The van der Waals surface area contributed by atoms with Crippen LogP contribution in [-0.2, 0) is 28.9 Å². The molecule has 13 nitrogen and oxygen atoms in total. The third-order valence-electron chi connectivity index (χ3n) is 13.1. The number of allylic oxidation sites excluding steroid dienone is 3. The number of hydrogen-bond donors (Lipinski definition) is 7. The van der Waals surface area contributed by atoms with Crippen molar-refractivity contribution < 1.29 is 57.0 Å². The minimum atomic E-state index is -5.12. The predicted octanol–water partition coefficient (Wildman–Crippen LogP) is 11.0. The Labute approximate surface area is 408 Å². The molecule has 8 atom stereocenters. The van der Waals surface area contributed by atoms with Gasteiger partial charge in [-0.25, -0.2) is 4.18 Å². The van der Waals surface area contributed by atoms with E-state index in [1.807, 2.05) is 6.08 Å². The molecule has 0 saturated carbocycles. The Morgan fingerprint density at radius 1 is 0.597 bits per heavy atom. The lowest BCUT2D eigenvalue weighted by Crippen LogP contribution is -2.61. The van der Waals surface area contributed by atoms with Gasteiger partial charge in [0.05, 0.1) is 25.4 Å². The fourth-order valence-corrected chi connectivity index (χ4v) is 9.26. The van der Waals surface area contributed by atoms with Gasteiger partial charge in [-0.2, -0.15) is 8.42 Å². The first-order valence-corrected chi connectivity index (χ1v) is 28.7. The smallest absolute Gasteiger partial charge is 0.394 e. The Morgan fingerprint density at radius 3 is 1.39 bits per heavy atom. The highest BCUT2D eigenvalue weighted by Gasteiger charge is 2.48. The normalized spacial score (nSPS) is 20.5. The van der Waals surface area contributed by atoms with Gasteiger partial charge in [0.25, 0.3) is 0 Å². The zero-order chi connectivity index (χ0) is 49.2. The van der Waals surface area contributed by atoms with Gasteiger partial charge in [0.1, 0.15) is 30.5 Å². The van der Waals surface area contributed by atoms with E-state index in [0.717, 1.165) is 64.2 Å². The Bertz CT molecular complexity index is 1300. The number of nitrogens with one attached hydrogen (secondary N) is 1. The van der Waals surface area contributed by atoms with E-state index in [-0.39, 0.29) is 6.42 Å². The number of carbonyl (C=O) groups is 1. The van der Waals surface area contributed by atoms with E-state index in [4.69, 9.17) is 9.47 Å². The number of hydrogen-bond acceptors (Lipinski definition) is 11. The zero-order valence-electron chi connectivity index (χ0n) is 42.3. The van der Waals surface area contributed by atoms with Gasteiger partial charge in [-0.1, -0.05) is 224 Å². The molecule has 1 saturated heterocycles. The summed E-state index contributed by atoms with van der Waals surface area (Å²) in [5.41, 5.74) is 0. The molecule has 1 fully saturated rings. The number of rotatable bonds is 47. The highest BCUT2D eigenvalue weighted by atomic mass is 32.3. The van der Waals surface area contributed by atoms with E-state index < -0.39 is 78.5 Å². The molecule has 8 unspecified atom stereocenters. The lowest BCUT2D eigenvalue weighted by atomic mass is 9.99. The van der Waals surface area contributed by atoms with Crippen LogP contribution in [0.2, 0.25) is 0 Å². The molecule has 0 aliphatic carbocycles. The van der Waals surface area contributed by atoms with Gasteiger partial charge in [0.2, 0.25) is 5.91 Å². The summed E-state index contributed by atoms with van der Waals surface area (Å²) in [5.74, 6) is -0.704. The highest BCUT2D eigenvalue weighted by molar-refractivity contribution is 7.80. The molecule has 1 rings (SSSR count). The van der Waals surface area contributed by atoms with Crippen LogP contribution in [-0.4, -0.2) is 107 Å². The molecule has 14 heteroatoms. The van der Waals surface area contributed by atoms with Crippen LogP contribution in [0.3, 0.4) is 0 Å². The molecule has 67 heavy (non-hydrogen) atoms. The Balaban J connectivity index is 2.49. The van der Waals surface area contributed by atoms with Gasteiger partial charge in [0, 0.05) is 0 Å². The summed E-state index contributed by atoms with van der Waals surface area (Å²) >= 11 is 0. The van der Waals surface area contributed by atoms with Crippen molar-refractivity contribution in [3.05, 3.63) is 24.3 Å². The maximum atomic E-state index is 13.2. The first-order chi connectivity index (χ1) is 32.4. The third kappa shape index (κ3) is 35.3. The number of unbranched alkanes of at least 4 members (excludes halogenated alkanes) is 32. The van der Waals surface area contributed by atoms with Gasteiger partial charge in [-0.15, -0.1) is 0 Å². The average Bonchev–Trinajstić information content (AvgIpc) is 3.30. The van der Waals surface area contributed by atoms with E-state index in [1.54, 1.807) is 6.08 Å². The molecule has 0 radical (unpaired) electrons. The van der Waals surface area contributed by atoms with Crippen molar-refractivity contribution in [2.75, 3.05) is 13.2 Å². The lowest BCUT2D eigenvalue weighted by molar-refractivity contribution is -0.298. The molecule has 1 aliphatic heterocycles.